The van der Waals surface area contributed by atoms with Crippen LogP contribution in [0.1, 0.15) is 11.1 Å². The van der Waals surface area contributed by atoms with Crippen LogP contribution in [0.2, 0.25) is 0 Å². The van der Waals surface area contributed by atoms with Crippen molar-refractivity contribution >= 4 is 33.5 Å². The van der Waals surface area contributed by atoms with Gasteiger partial charge in [0.1, 0.15) is 5.75 Å². The Balaban J connectivity index is 2.24. The second kappa shape index (κ2) is 7.38. The third kappa shape index (κ3) is 3.92. The fraction of sp³-hybridized carbons (Fsp3) is 0.133. The number of rotatable bonds is 5. The molecule has 3 N–H and O–H groups in total. The molecule has 21 heavy (non-hydrogen) atoms. The first kappa shape index (κ1) is 15.7. The average molecular weight is 367 g/mol. The summed E-state index contributed by atoms with van der Waals surface area (Å²) >= 11 is 5.22. The number of thioether (sulfide) groups is 1. The number of nitrogens with two attached hydrogens (primary N) is 1. The Morgan fingerprint density at radius 1 is 1.33 bits per heavy atom. The van der Waals surface area contributed by atoms with Crippen molar-refractivity contribution in [2.45, 2.75) is 10.6 Å². The maximum atomic E-state index is 8.77. The van der Waals surface area contributed by atoms with Crippen LogP contribution in [0.25, 0.3) is 0 Å². The van der Waals surface area contributed by atoms with Gasteiger partial charge in [0.05, 0.1) is 7.11 Å². The molecular weight excluding hydrogens is 352 g/mol. The topological polar surface area (TPSA) is 67.8 Å². The number of hydrogen-bond donors (Lipinski definition) is 2. The van der Waals surface area contributed by atoms with Crippen LogP contribution in [0.5, 0.6) is 5.75 Å². The minimum absolute atomic E-state index is 0.0878. The normalized spacial score (nSPS) is 11.4. The molecule has 0 aliphatic rings. The van der Waals surface area contributed by atoms with Crippen LogP contribution < -0.4 is 10.5 Å². The van der Waals surface area contributed by atoms with Gasteiger partial charge in [-0.25, -0.2) is 0 Å². The summed E-state index contributed by atoms with van der Waals surface area (Å²) < 4.78 is 6.42. The molecule has 4 nitrogen and oxygen atoms in total. The molecule has 110 valence electrons. The van der Waals surface area contributed by atoms with E-state index in [1.807, 2.05) is 30.3 Å². The summed E-state index contributed by atoms with van der Waals surface area (Å²) in [4.78, 5) is 1.15. The smallest absolute Gasteiger partial charge is 0.170 e. The molecule has 0 unspecified atom stereocenters. The van der Waals surface area contributed by atoms with Crippen LogP contribution >= 0.6 is 27.7 Å². The van der Waals surface area contributed by atoms with Gasteiger partial charge in [0, 0.05) is 26.2 Å². The number of halogens is 1. The molecule has 0 aliphatic heterocycles. The zero-order valence-electron chi connectivity index (χ0n) is 11.4. The molecule has 6 heteroatoms. The van der Waals surface area contributed by atoms with Crippen molar-refractivity contribution < 1.29 is 9.94 Å². The van der Waals surface area contributed by atoms with Crippen molar-refractivity contribution in [3.05, 3.63) is 58.1 Å². The molecule has 0 bridgehead atoms. The van der Waals surface area contributed by atoms with Crippen molar-refractivity contribution in [3.63, 3.8) is 0 Å². The molecule has 2 aromatic carbocycles. The molecule has 0 spiro atoms. The Kier molecular flexibility index (Phi) is 5.52. The van der Waals surface area contributed by atoms with E-state index >= 15 is 0 Å². The first-order valence-corrected chi connectivity index (χ1v) is 7.95. The van der Waals surface area contributed by atoms with Crippen LogP contribution in [-0.4, -0.2) is 18.2 Å². The SMILES string of the molecule is COc1ccc(/C(N)=N/O)cc1CSc1ccccc1Br. The summed E-state index contributed by atoms with van der Waals surface area (Å²) in [5, 5.41) is 11.8. The molecule has 0 saturated heterocycles. The fourth-order valence-corrected chi connectivity index (χ4v) is 3.37. The van der Waals surface area contributed by atoms with E-state index in [4.69, 9.17) is 15.7 Å². The number of oxime groups is 1. The summed E-state index contributed by atoms with van der Waals surface area (Å²) in [5.41, 5.74) is 7.29. The Morgan fingerprint density at radius 2 is 2.10 bits per heavy atom. The zero-order chi connectivity index (χ0) is 15.2. The molecule has 0 fully saturated rings. The van der Waals surface area contributed by atoms with Gasteiger partial charge in [0.2, 0.25) is 0 Å². The van der Waals surface area contributed by atoms with Gasteiger partial charge >= 0.3 is 0 Å². The minimum atomic E-state index is 0.0878. The maximum absolute atomic E-state index is 8.77. The van der Waals surface area contributed by atoms with Crippen LogP contribution in [0.4, 0.5) is 0 Å². The minimum Gasteiger partial charge on any atom is -0.496 e. The largest absolute Gasteiger partial charge is 0.496 e. The molecule has 0 aliphatic carbocycles. The predicted molar refractivity (Wildman–Crippen MR) is 89.2 cm³/mol. The van der Waals surface area contributed by atoms with Crippen molar-refractivity contribution in [1.29, 1.82) is 0 Å². The third-order valence-corrected chi connectivity index (χ3v) is 4.98. The quantitative estimate of drug-likeness (QED) is 0.277. The van der Waals surface area contributed by atoms with Crippen LogP contribution in [0, 0.1) is 0 Å². The highest BCUT2D eigenvalue weighted by Gasteiger charge is 2.09. The van der Waals surface area contributed by atoms with Crippen molar-refractivity contribution in [2.24, 2.45) is 10.9 Å². The van der Waals surface area contributed by atoms with Crippen molar-refractivity contribution in [1.82, 2.24) is 0 Å². The van der Waals surface area contributed by atoms with Gasteiger partial charge in [-0.05, 0) is 46.3 Å². The highest BCUT2D eigenvalue weighted by Crippen LogP contribution is 2.32. The number of amidine groups is 1. The molecule has 0 heterocycles. The van der Waals surface area contributed by atoms with Gasteiger partial charge in [-0.15, -0.1) is 11.8 Å². The Labute approximate surface area is 136 Å². The number of benzene rings is 2. The van der Waals surface area contributed by atoms with E-state index in [1.54, 1.807) is 24.9 Å². The van der Waals surface area contributed by atoms with Crippen LogP contribution in [-0.2, 0) is 5.75 Å². The molecular formula is C15H15BrN2O2S. The molecule has 0 atom stereocenters. The van der Waals surface area contributed by atoms with Gasteiger partial charge in [0.15, 0.2) is 5.84 Å². The number of nitrogens with zero attached hydrogens (tertiary/aromatic N) is 1. The zero-order valence-corrected chi connectivity index (χ0v) is 13.8. The first-order valence-electron chi connectivity index (χ1n) is 6.18. The lowest BCUT2D eigenvalue weighted by molar-refractivity contribution is 0.318. The van der Waals surface area contributed by atoms with Gasteiger partial charge in [-0.3, -0.25) is 0 Å². The highest BCUT2D eigenvalue weighted by atomic mass is 79.9. The van der Waals surface area contributed by atoms with E-state index in [2.05, 4.69) is 27.2 Å². The van der Waals surface area contributed by atoms with Gasteiger partial charge in [0.25, 0.3) is 0 Å². The number of methoxy groups -OCH3 is 1. The van der Waals surface area contributed by atoms with Crippen LogP contribution in [0.15, 0.2) is 57.0 Å². The monoisotopic (exact) mass is 366 g/mol. The summed E-state index contributed by atoms with van der Waals surface area (Å²) in [6.45, 7) is 0. The summed E-state index contributed by atoms with van der Waals surface area (Å²) in [6, 6.07) is 13.5. The fourth-order valence-electron chi connectivity index (χ4n) is 1.83. The lowest BCUT2D eigenvalue weighted by atomic mass is 10.1. The van der Waals surface area contributed by atoms with E-state index in [9.17, 15) is 0 Å². The highest BCUT2D eigenvalue weighted by molar-refractivity contribution is 9.10. The van der Waals surface area contributed by atoms with E-state index < -0.39 is 0 Å². The van der Waals surface area contributed by atoms with E-state index in [0.717, 1.165) is 26.4 Å². The predicted octanol–water partition coefficient (Wildman–Crippen LogP) is 3.84. The van der Waals surface area contributed by atoms with E-state index in [-0.39, 0.29) is 5.84 Å². The van der Waals surface area contributed by atoms with Crippen molar-refractivity contribution in [2.75, 3.05) is 7.11 Å². The Hall–Kier alpha value is -1.66. The lowest BCUT2D eigenvalue weighted by Gasteiger charge is -2.11. The molecule has 0 aromatic heterocycles. The average Bonchev–Trinajstić information content (AvgIpc) is 2.53. The molecule has 0 saturated carbocycles. The van der Waals surface area contributed by atoms with Gasteiger partial charge in [-0.1, -0.05) is 17.3 Å². The van der Waals surface area contributed by atoms with E-state index in [0.29, 0.717) is 5.56 Å². The Bertz CT molecular complexity index is 662. The van der Waals surface area contributed by atoms with E-state index in [1.165, 1.54) is 0 Å². The Morgan fingerprint density at radius 3 is 2.76 bits per heavy atom. The van der Waals surface area contributed by atoms with Gasteiger partial charge in [-0.2, -0.15) is 0 Å². The standard InChI is InChI=1S/C15H15BrN2O2S/c1-20-13-7-6-10(15(17)18-19)8-11(13)9-21-14-5-3-2-4-12(14)16/h2-8,19H,9H2,1H3,(H2,17,18). The van der Waals surface area contributed by atoms with Gasteiger partial charge < -0.3 is 15.7 Å². The summed E-state index contributed by atoms with van der Waals surface area (Å²) in [7, 11) is 1.63. The molecule has 0 radical (unpaired) electrons. The van der Waals surface area contributed by atoms with Crippen molar-refractivity contribution in [3.8, 4) is 5.75 Å². The number of hydrogen-bond acceptors (Lipinski definition) is 4. The first-order chi connectivity index (χ1) is 10.2. The molecule has 2 rings (SSSR count). The third-order valence-electron chi connectivity index (χ3n) is 2.90. The summed E-state index contributed by atoms with van der Waals surface area (Å²) in [6.07, 6.45) is 0. The number of ether oxygens (including phenoxy) is 1. The maximum Gasteiger partial charge on any atom is 0.170 e. The molecule has 0 amide bonds. The second-order valence-electron chi connectivity index (χ2n) is 4.23. The summed E-state index contributed by atoms with van der Waals surface area (Å²) in [5.74, 6) is 1.59. The second-order valence-corrected chi connectivity index (χ2v) is 6.10. The lowest BCUT2D eigenvalue weighted by Crippen LogP contribution is -2.13. The molecule has 2 aromatic rings. The van der Waals surface area contributed by atoms with Crippen LogP contribution in [0.3, 0.4) is 0 Å².